The van der Waals surface area contributed by atoms with Gasteiger partial charge >= 0.3 is 0 Å². The van der Waals surface area contributed by atoms with Crippen molar-refractivity contribution in [1.29, 1.82) is 0 Å². The number of anilines is 2. The number of amides is 2. The molecule has 0 radical (unpaired) electrons. The number of aryl methyl sites for hydroxylation is 1. The van der Waals surface area contributed by atoms with Crippen LogP contribution in [0.5, 0.6) is 0 Å². The van der Waals surface area contributed by atoms with Crippen molar-refractivity contribution >= 4 is 34.4 Å². The SMILES string of the molecule is CCc1cnc(N[C@@H]2CCC[C@](C)(NC(=O)c3ccc(NC(=O)/C=C/CN(C)C)cn3)C2)nc1-c1c[nH]c2ccccc12. The van der Waals surface area contributed by atoms with Crippen LogP contribution in [0.15, 0.2) is 67.1 Å². The van der Waals surface area contributed by atoms with Gasteiger partial charge in [-0.15, -0.1) is 0 Å². The molecular weight excluding hydrogens is 540 g/mol. The van der Waals surface area contributed by atoms with E-state index in [1.54, 1.807) is 18.2 Å². The van der Waals surface area contributed by atoms with Crippen LogP contribution in [0.3, 0.4) is 0 Å². The number of aromatic nitrogens is 4. The lowest BCUT2D eigenvalue weighted by molar-refractivity contribution is -0.111. The Labute approximate surface area is 252 Å². The van der Waals surface area contributed by atoms with Crippen LogP contribution in [0.1, 0.15) is 55.6 Å². The molecule has 3 aromatic heterocycles. The van der Waals surface area contributed by atoms with Crippen molar-refractivity contribution in [3.8, 4) is 11.3 Å². The molecule has 0 spiro atoms. The van der Waals surface area contributed by atoms with Crippen molar-refractivity contribution < 1.29 is 9.59 Å². The van der Waals surface area contributed by atoms with Crippen LogP contribution in [-0.2, 0) is 11.2 Å². The molecule has 10 heteroatoms. The molecule has 0 saturated heterocycles. The summed E-state index contributed by atoms with van der Waals surface area (Å²) in [5, 5.41) is 10.7. The number of nitrogens with zero attached hydrogens (tertiary/aromatic N) is 4. The first-order chi connectivity index (χ1) is 20.7. The second kappa shape index (κ2) is 13.2. The minimum Gasteiger partial charge on any atom is -0.360 e. The Morgan fingerprint density at radius 3 is 2.74 bits per heavy atom. The number of hydrogen-bond acceptors (Lipinski definition) is 7. The van der Waals surface area contributed by atoms with Gasteiger partial charge < -0.3 is 25.8 Å². The second-order valence-electron chi connectivity index (χ2n) is 11.7. The molecule has 1 saturated carbocycles. The summed E-state index contributed by atoms with van der Waals surface area (Å²) in [5.74, 6) is 0.113. The number of carbonyl (C=O) groups is 2. The van der Waals surface area contributed by atoms with Gasteiger partial charge in [-0.25, -0.2) is 15.0 Å². The normalized spacial score (nSPS) is 18.7. The number of nitrogens with one attached hydrogen (secondary N) is 4. The van der Waals surface area contributed by atoms with Gasteiger partial charge in [0.15, 0.2) is 0 Å². The number of para-hydroxylation sites is 1. The first-order valence-electron chi connectivity index (χ1n) is 14.8. The van der Waals surface area contributed by atoms with E-state index in [4.69, 9.17) is 4.98 Å². The zero-order valence-electron chi connectivity index (χ0n) is 25.3. The molecule has 1 aliphatic carbocycles. The summed E-state index contributed by atoms with van der Waals surface area (Å²) >= 11 is 0. The lowest BCUT2D eigenvalue weighted by Gasteiger charge is -2.39. The number of likely N-dealkylation sites (N-methyl/N-ethyl adjacent to an activating group) is 1. The molecule has 4 N–H and O–H groups in total. The van der Waals surface area contributed by atoms with Crippen LogP contribution >= 0.6 is 0 Å². The summed E-state index contributed by atoms with van der Waals surface area (Å²) in [6.45, 7) is 4.86. The summed E-state index contributed by atoms with van der Waals surface area (Å²) in [6, 6.07) is 11.7. The van der Waals surface area contributed by atoms with E-state index in [1.165, 1.54) is 12.3 Å². The third-order valence-corrected chi connectivity index (χ3v) is 7.82. The standard InChI is InChI=1S/C33H40N8O2/c1-5-22-19-36-32(39-30(22)26-21-35-27-12-7-6-11-25(26)27)38-23-10-8-16-33(2,18-23)40-31(43)28-15-14-24(20-34-28)37-29(42)13-9-17-41(3)4/h6-7,9,11-15,19-21,23,35H,5,8,10,16-18H2,1-4H3,(H,37,42)(H,40,43)(H,36,38,39)/b13-9+/t23-,33+/m1/s1. The highest BCUT2D eigenvalue weighted by atomic mass is 16.2. The van der Waals surface area contributed by atoms with Gasteiger partial charge in [0.1, 0.15) is 5.69 Å². The predicted octanol–water partition coefficient (Wildman–Crippen LogP) is 5.18. The van der Waals surface area contributed by atoms with Crippen molar-refractivity contribution in [1.82, 2.24) is 30.2 Å². The van der Waals surface area contributed by atoms with Crippen LogP contribution in [0, 0.1) is 0 Å². The summed E-state index contributed by atoms with van der Waals surface area (Å²) in [5.41, 5.74) is 4.59. The third kappa shape index (κ3) is 7.45. The van der Waals surface area contributed by atoms with Crippen molar-refractivity contribution in [3.63, 3.8) is 0 Å². The molecule has 10 nitrogen and oxygen atoms in total. The van der Waals surface area contributed by atoms with Gasteiger partial charge in [-0.1, -0.05) is 31.2 Å². The molecule has 4 aromatic rings. The van der Waals surface area contributed by atoms with E-state index in [0.717, 1.165) is 59.8 Å². The van der Waals surface area contributed by atoms with Crippen LogP contribution in [0.25, 0.3) is 22.2 Å². The number of rotatable bonds is 10. The first-order valence-corrected chi connectivity index (χ1v) is 14.8. The highest BCUT2D eigenvalue weighted by Crippen LogP contribution is 2.32. The lowest BCUT2D eigenvalue weighted by atomic mass is 9.80. The van der Waals surface area contributed by atoms with Crippen molar-refractivity contribution in [2.75, 3.05) is 31.3 Å². The van der Waals surface area contributed by atoms with Crippen molar-refractivity contribution in [2.24, 2.45) is 0 Å². The van der Waals surface area contributed by atoms with E-state index in [2.05, 4.69) is 56.9 Å². The fraction of sp³-hybridized carbons (Fsp3) is 0.364. The molecule has 1 aliphatic rings. The topological polar surface area (TPSA) is 128 Å². The molecule has 224 valence electrons. The van der Waals surface area contributed by atoms with E-state index in [0.29, 0.717) is 23.9 Å². The average Bonchev–Trinajstić information content (AvgIpc) is 3.41. The Bertz CT molecular complexity index is 1610. The van der Waals surface area contributed by atoms with E-state index in [1.807, 2.05) is 43.5 Å². The molecule has 3 heterocycles. The number of hydrogen-bond donors (Lipinski definition) is 4. The smallest absolute Gasteiger partial charge is 0.270 e. The van der Waals surface area contributed by atoms with E-state index in [9.17, 15) is 9.59 Å². The summed E-state index contributed by atoms with van der Waals surface area (Å²) in [7, 11) is 3.86. The minimum absolute atomic E-state index is 0.105. The Hall–Kier alpha value is -4.57. The van der Waals surface area contributed by atoms with Crippen LogP contribution in [0.2, 0.25) is 0 Å². The van der Waals surface area contributed by atoms with Crippen LogP contribution < -0.4 is 16.0 Å². The van der Waals surface area contributed by atoms with E-state index < -0.39 is 5.54 Å². The van der Waals surface area contributed by atoms with Gasteiger partial charge in [-0.05, 0) is 76.9 Å². The summed E-state index contributed by atoms with van der Waals surface area (Å²) in [6.07, 6.45) is 13.0. The van der Waals surface area contributed by atoms with Gasteiger partial charge in [0.05, 0.1) is 17.6 Å². The zero-order valence-corrected chi connectivity index (χ0v) is 25.3. The minimum atomic E-state index is -0.415. The highest BCUT2D eigenvalue weighted by Gasteiger charge is 2.34. The van der Waals surface area contributed by atoms with Gasteiger partial charge in [-0.3, -0.25) is 9.59 Å². The predicted molar refractivity (Wildman–Crippen MR) is 171 cm³/mol. The molecule has 1 aromatic carbocycles. The Kier molecular flexibility index (Phi) is 9.16. The van der Waals surface area contributed by atoms with Crippen molar-refractivity contribution in [2.45, 2.75) is 57.5 Å². The number of H-pyrrole nitrogens is 1. The molecular formula is C33H40N8O2. The largest absolute Gasteiger partial charge is 0.360 e. The first kappa shape index (κ1) is 29.9. The number of fused-ring (bicyclic) bond motifs is 1. The molecule has 0 aliphatic heterocycles. The van der Waals surface area contributed by atoms with Gasteiger partial charge in [0.25, 0.3) is 5.91 Å². The second-order valence-corrected chi connectivity index (χ2v) is 11.7. The highest BCUT2D eigenvalue weighted by molar-refractivity contribution is 5.99. The maximum atomic E-state index is 13.2. The summed E-state index contributed by atoms with van der Waals surface area (Å²) in [4.78, 5) is 44.5. The summed E-state index contributed by atoms with van der Waals surface area (Å²) < 4.78 is 0. The number of benzene rings is 1. The molecule has 0 unspecified atom stereocenters. The van der Waals surface area contributed by atoms with Crippen LogP contribution in [0.4, 0.5) is 11.6 Å². The number of aromatic amines is 1. The monoisotopic (exact) mass is 580 g/mol. The Morgan fingerprint density at radius 2 is 1.98 bits per heavy atom. The van der Waals surface area contributed by atoms with Gasteiger partial charge in [0, 0.05) is 53.1 Å². The van der Waals surface area contributed by atoms with Crippen molar-refractivity contribution in [3.05, 3.63) is 78.4 Å². The average molecular weight is 581 g/mol. The number of pyridine rings is 1. The quantitative estimate of drug-likeness (QED) is 0.190. The molecule has 1 fully saturated rings. The zero-order chi connectivity index (χ0) is 30.4. The molecule has 43 heavy (non-hydrogen) atoms. The molecule has 2 atom stereocenters. The Balaban J connectivity index is 1.22. The fourth-order valence-electron chi connectivity index (χ4n) is 5.64. The molecule has 0 bridgehead atoms. The third-order valence-electron chi connectivity index (χ3n) is 7.82. The fourth-order valence-corrected chi connectivity index (χ4v) is 5.64. The van der Waals surface area contributed by atoms with Gasteiger partial charge in [0.2, 0.25) is 11.9 Å². The van der Waals surface area contributed by atoms with E-state index >= 15 is 0 Å². The van der Waals surface area contributed by atoms with Crippen LogP contribution in [-0.4, -0.2) is 68.9 Å². The van der Waals surface area contributed by atoms with E-state index in [-0.39, 0.29) is 17.9 Å². The maximum Gasteiger partial charge on any atom is 0.270 e. The van der Waals surface area contributed by atoms with Gasteiger partial charge in [-0.2, -0.15) is 0 Å². The Morgan fingerprint density at radius 1 is 1.14 bits per heavy atom. The molecule has 5 rings (SSSR count). The maximum absolute atomic E-state index is 13.2. The number of carbonyl (C=O) groups excluding carboxylic acids is 2. The molecule has 2 amide bonds. The lowest BCUT2D eigenvalue weighted by Crippen LogP contribution is -2.51.